The molecule has 1 aromatic carbocycles. The first-order valence-electron chi connectivity index (χ1n) is 7.60. The van der Waals surface area contributed by atoms with Gasteiger partial charge in [-0.25, -0.2) is 0 Å². The Balaban J connectivity index is 0.00000242. The lowest BCUT2D eigenvalue weighted by Crippen LogP contribution is -2.44. The predicted octanol–water partition coefficient (Wildman–Crippen LogP) is 2.30. The zero-order valence-corrected chi connectivity index (χ0v) is 14.5. The molecular formula is C16H25ClN2O2S. The van der Waals surface area contributed by atoms with E-state index < -0.39 is 16.8 Å². The number of hydrogen-bond donors (Lipinski definition) is 2. The molecule has 0 aliphatic heterocycles. The lowest BCUT2D eigenvalue weighted by molar-refractivity contribution is -0.123. The molecular weight excluding hydrogens is 320 g/mol. The van der Waals surface area contributed by atoms with Crippen molar-refractivity contribution in [3.63, 3.8) is 0 Å². The highest BCUT2D eigenvalue weighted by Gasteiger charge is 2.27. The van der Waals surface area contributed by atoms with E-state index in [0.717, 1.165) is 31.2 Å². The van der Waals surface area contributed by atoms with Crippen LogP contribution in [-0.4, -0.2) is 27.2 Å². The number of carbonyl (C=O) groups excluding carboxylic acids is 1. The number of benzene rings is 1. The summed E-state index contributed by atoms with van der Waals surface area (Å²) >= 11 is 0. The molecule has 0 aromatic heterocycles. The van der Waals surface area contributed by atoms with Crippen molar-refractivity contribution in [3.05, 3.63) is 35.9 Å². The quantitative estimate of drug-likeness (QED) is 0.860. The second kappa shape index (κ2) is 9.28. The zero-order valence-electron chi connectivity index (χ0n) is 12.9. The smallest absolute Gasteiger partial charge is 0.241 e. The summed E-state index contributed by atoms with van der Waals surface area (Å²) in [5.41, 5.74) is 6.82. The van der Waals surface area contributed by atoms with Gasteiger partial charge in [0.25, 0.3) is 0 Å². The van der Waals surface area contributed by atoms with Crippen LogP contribution in [0.1, 0.15) is 44.2 Å². The molecule has 0 saturated heterocycles. The summed E-state index contributed by atoms with van der Waals surface area (Å²) in [5.74, 6) is 0.545. The third-order valence-electron chi connectivity index (χ3n) is 4.07. The van der Waals surface area contributed by atoms with Crippen LogP contribution in [0.3, 0.4) is 0 Å². The second-order valence-electron chi connectivity index (χ2n) is 5.55. The molecule has 1 aliphatic rings. The second-order valence-corrected chi connectivity index (χ2v) is 7.56. The van der Waals surface area contributed by atoms with Crippen molar-refractivity contribution in [3.8, 4) is 0 Å². The van der Waals surface area contributed by atoms with Crippen molar-refractivity contribution in [1.82, 2.24) is 5.32 Å². The lowest BCUT2D eigenvalue weighted by Gasteiger charge is -2.29. The molecule has 1 amide bonds. The van der Waals surface area contributed by atoms with Crippen LogP contribution >= 0.6 is 12.4 Å². The van der Waals surface area contributed by atoms with E-state index in [9.17, 15) is 9.00 Å². The first-order chi connectivity index (χ1) is 10.1. The van der Waals surface area contributed by atoms with Crippen LogP contribution in [0, 0.1) is 0 Å². The summed E-state index contributed by atoms with van der Waals surface area (Å²) in [6.45, 7) is 1.95. The fourth-order valence-corrected chi connectivity index (χ4v) is 4.20. The van der Waals surface area contributed by atoms with Gasteiger partial charge >= 0.3 is 0 Å². The Kier molecular flexibility index (Phi) is 8.07. The van der Waals surface area contributed by atoms with Crippen LogP contribution in [-0.2, 0) is 15.6 Å². The van der Waals surface area contributed by atoms with Gasteiger partial charge in [-0.1, -0.05) is 43.7 Å². The number of nitrogens with one attached hydrogen (secondary N) is 1. The Morgan fingerprint density at radius 3 is 2.68 bits per heavy atom. The van der Waals surface area contributed by atoms with Gasteiger partial charge in [0.1, 0.15) is 6.04 Å². The zero-order chi connectivity index (χ0) is 15.2. The standard InChI is InChI=1S/C16H24N2O2S.ClH/c1-2-21(20)14-10-6-9-13(11-14)18-16(19)15(17)12-7-4-3-5-8-12;/h3-5,7-8,13-15H,2,6,9-11,17H2,1H3,(H,18,19);1H. The SMILES string of the molecule is CCS(=O)C1CCCC(NC(=O)C(N)c2ccccc2)C1.Cl. The van der Waals surface area contributed by atoms with Crippen LogP contribution in [0.5, 0.6) is 0 Å². The van der Waals surface area contributed by atoms with Crippen molar-refractivity contribution < 1.29 is 9.00 Å². The minimum absolute atomic E-state index is 0. The summed E-state index contributed by atoms with van der Waals surface area (Å²) in [5, 5.41) is 3.24. The largest absolute Gasteiger partial charge is 0.352 e. The number of hydrogen-bond acceptors (Lipinski definition) is 3. The van der Waals surface area contributed by atoms with Crippen LogP contribution < -0.4 is 11.1 Å². The monoisotopic (exact) mass is 344 g/mol. The fraction of sp³-hybridized carbons (Fsp3) is 0.562. The average molecular weight is 345 g/mol. The Bertz CT molecular complexity index is 498. The molecule has 1 aromatic rings. The van der Waals surface area contributed by atoms with Gasteiger partial charge in [0, 0.05) is 27.8 Å². The molecule has 1 saturated carbocycles. The van der Waals surface area contributed by atoms with Gasteiger partial charge in [-0.05, 0) is 24.8 Å². The van der Waals surface area contributed by atoms with Crippen LogP contribution in [0.4, 0.5) is 0 Å². The van der Waals surface area contributed by atoms with E-state index in [1.807, 2.05) is 37.3 Å². The van der Waals surface area contributed by atoms with Gasteiger partial charge in [0.05, 0.1) is 0 Å². The molecule has 4 nitrogen and oxygen atoms in total. The molecule has 124 valence electrons. The number of halogens is 1. The highest BCUT2D eigenvalue weighted by molar-refractivity contribution is 7.85. The third-order valence-corrected chi connectivity index (χ3v) is 5.81. The Hall–Kier alpha value is -0.910. The Morgan fingerprint density at radius 1 is 1.36 bits per heavy atom. The molecule has 3 N–H and O–H groups in total. The van der Waals surface area contributed by atoms with Crippen molar-refractivity contribution in [2.24, 2.45) is 5.73 Å². The molecule has 4 unspecified atom stereocenters. The lowest BCUT2D eigenvalue weighted by atomic mass is 9.94. The van der Waals surface area contributed by atoms with Crippen LogP contribution in [0.15, 0.2) is 30.3 Å². The maximum atomic E-state index is 12.2. The van der Waals surface area contributed by atoms with Gasteiger partial charge in [-0.2, -0.15) is 0 Å². The van der Waals surface area contributed by atoms with E-state index in [4.69, 9.17) is 5.73 Å². The summed E-state index contributed by atoms with van der Waals surface area (Å²) in [6, 6.07) is 8.84. The van der Waals surface area contributed by atoms with E-state index in [2.05, 4.69) is 5.32 Å². The Morgan fingerprint density at radius 2 is 2.05 bits per heavy atom. The summed E-state index contributed by atoms with van der Waals surface area (Å²) in [6.07, 6.45) is 3.76. The van der Waals surface area contributed by atoms with Crippen LogP contribution in [0.2, 0.25) is 0 Å². The average Bonchev–Trinajstić information content (AvgIpc) is 2.54. The van der Waals surface area contributed by atoms with E-state index >= 15 is 0 Å². The van der Waals surface area contributed by atoms with Crippen LogP contribution in [0.25, 0.3) is 0 Å². The van der Waals surface area contributed by atoms with E-state index in [-0.39, 0.29) is 29.6 Å². The molecule has 1 fully saturated rings. The maximum Gasteiger partial charge on any atom is 0.241 e. The predicted molar refractivity (Wildman–Crippen MR) is 93.5 cm³/mol. The van der Waals surface area contributed by atoms with Gasteiger partial charge in [0.15, 0.2) is 0 Å². The molecule has 0 bridgehead atoms. The van der Waals surface area contributed by atoms with Gasteiger partial charge in [0.2, 0.25) is 5.91 Å². The topological polar surface area (TPSA) is 72.2 Å². The first-order valence-corrected chi connectivity index (χ1v) is 8.98. The first kappa shape index (κ1) is 19.1. The summed E-state index contributed by atoms with van der Waals surface area (Å²) in [7, 11) is -0.778. The van der Waals surface area contributed by atoms with Crippen molar-refractivity contribution in [1.29, 1.82) is 0 Å². The molecule has 2 rings (SSSR count). The summed E-state index contributed by atoms with van der Waals surface area (Å²) < 4.78 is 11.9. The van der Waals surface area contributed by atoms with Gasteiger partial charge < -0.3 is 11.1 Å². The molecule has 0 spiro atoms. The highest BCUT2D eigenvalue weighted by atomic mass is 35.5. The minimum atomic E-state index is -0.778. The molecule has 4 atom stereocenters. The third kappa shape index (κ3) is 5.07. The minimum Gasteiger partial charge on any atom is -0.352 e. The molecule has 1 aliphatic carbocycles. The number of amides is 1. The van der Waals surface area contributed by atoms with E-state index in [1.54, 1.807) is 0 Å². The van der Waals surface area contributed by atoms with Crippen molar-refractivity contribution in [2.45, 2.75) is 49.9 Å². The van der Waals surface area contributed by atoms with Crippen molar-refractivity contribution >= 4 is 29.1 Å². The number of nitrogens with two attached hydrogens (primary N) is 1. The van der Waals surface area contributed by atoms with Crippen molar-refractivity contribution in [2.75, 3.05) is 5.75 Å². The molecule has 6 heteroatoms. The van der Waals surface area contributed by atoms with E-state index in [0.29, 0.717) is 5.75 Å². The number of carbonyl (C=O) groups is 1. The van der Waals surface area contributed by atoms with E-state index in [1.165, 1.54) is 0 Å². The fourth-order valence-electron chi connectivity index (χ4n) is 2.85. The highest BCUT2D eigenvalue weighted by Crippen LogP contribution is 2.23. The normalized spacial score (nSPS) is 23.9. The molecule has 0 radical (unpaired) electrons. The maximum absolute atomic E-state index is 12.2. The summed E-state index contributed by atoms with van der Waals surface area (Å²) in [4.78, 5) is 12.2. The molecule has 22 heavy (non-hydrogen) atoms. The number of rotatable bonds is 5. The molecule has 0 heterocycles. The Labute approximate surface area is 141 Å². The van der Waals surface area contributed by atoms with Gasteiger partial charge in [-0.3, -0.25) is 9.00 Å². The van der Waals surface area contributed by atoms with Gasteiger partial charge in [-0.15, -0.1) is 12.4 Å².